The van der Waals surface area contributed by atoms with E-state index in [0.29, 0.717) is 25.7 Å². The number of rotatable bonds is 9. The van der Waals surface area contributed by atoms with Crippen LogP contribution in [0.5, 0.6) is 11.5 Å². The third-order valence-corrected chi connectivity index (χ3v) is 5.85. The van der Waals surface area contributed by atoms with Gasteiger partial charge in [-0.1, -0.05) is 18.2 Å². The zero-order valence-electron chi connectivity index (χ0n) is 17.4. The van der Waals surface area contributed by atoms with Crippen molar-refractivity contribution < 1.29 is 22.6 Å². The second kappa shape index (κ2) is 12.1. The van der Waals surface area contributed by atoms with Crippen LogP contribution in [0, 0.1) is 0 Å². The number of nitrogens with zero attached hydrogens (tertiary/aromatic N) is 1. The van der Waals surface area contributed by atoms with Gasteiger partial charge in [0.05, 0.1) is 11.5 Å². The highest BCUT2D eigenvalue weighted by Gasteiger charge is 2.14. The Morgan fingerprint density at radius 3 is 2.48 bits per heavy atom. The summed E-state index contributed by atoms with van der Waals surface area (Å²) in [4.78, 5) is 4.42. The van der Waals surface area contributed by atoms with Crippen LogP contribution in [0.1, 0.15) is 11.1 Å². The van der Waals surface area contributed by atoms with Crippen molar-refractivity contribution in [3.63, 3.8) is 0 Å². The fourth-order valence-corrected chi connectivity index (χ4v) is 3.91. The highest BCUT2D eigenvalue weighted by Crippen LogP contribution is 2.32. The Hall–Kier alpha value is -2.09. The minimum atomic E-state index is -3.58. The maximum atomic E-state index is 12.4. The van der Waals surface area contributed by atoms with Crippen LogP contribution in [-0.2, 0) is 27.8 Å². The standard InChI is InChI=1S/C20H26N4O5S.HI/c1-21-20(23-13-16-6-7-18-19(11-16)29-14-28-18)22-12-15-4-3-5-17(10-15)30(25,26)24-8-9-27-2;/h3-7,10-11,24H,8-9,12-14H2,1-2H3,(H2,21,22,23);1H. The Bertz CT molecular complexity index is 1000. The zero-order chi connectivity index (χ0) is 21.4. The fourth-order valence-electron chi connectivity index (χ4n) is 2.83. The lowest BCUT2D eigenvalue weighted by Gasteiger charge is -2.13. The second-order valence-electron chi connectivity index (χ2n) is 6.50. The van der Waals surface area contributed by atoms with Crippen molar-refractivity contribution in [2.24, 2.45) is 4.99 Å². The van der Waals surface area contributed by atoms with Gasteiger partial charge in [0.1, 0.15) is 0 Å². The van der Waals surface area contributed by atoms with Gasteiger partial charge in [-0.3, -0.25) is 4.99 Å². The third-order valence-electron chi connectivity index (χ3n) is 4.39. The molecule has 2 aromatic carbocycles. The number of halogens is 1. The van der Waals surface area contributed by atoms with Crippen LogP contribution < -0.4 is 24.8 Å². The van der Waals surface area contributed by atoms with Gasteiger partial charge in [-0.05, 0) is 35.4 Å². The predicted octanol–water partition coefficient (Wildman–Crippen LogP) is 1.82. The molecule has 31 heavy (non-hydrogen) atoms. The van der Waals surface area contributed by atoms with Crippen LogP contribution in [0.3, 0.4) is 0 Å². The molecule has 3 N–H and O–H groups in total. The lowest BCUT2D eigenvalue weighted by atomic mass is 10.2. The molecule has 170 valence electrons. The summed E-state index contributed by atoms with van der Waals surface area (Å²) in [6, 6.07) is 12.5. The molecule has 3 rings (SSSR count). The van der Waals surface area contributed by atoms with Gasteiger partial charge in [0.2, 0.25) is 16.8 Å². The smallest absolute Gasteiger partial charge is 0.240 e. The normalized spacial score (nSPS) is 12.9. The Labute approximate surface area is 199 Å². The number of fused-ring (bicyclic) bond motifs is 1. The average Bonchev–Trinajstić information content (AvgIpc) is 3.22. The van der Waals surface area contributed by atoms with E-state index in [0.717, 1.165) is 22.6 Å². The molecule has 0 atom stereocenters. The molecular formula is C20H27IN4O5S. The van der Waals surface area contributed by atoms with Crippen LogP contribution in [-0.4, -0.2) is 48.5 Å². The molecule has 9 nitrogen and oxygen atoms in total. The Morgan fingerprint density at radius 2 is 1.77 bits per heavy atom. The number of hydrogen-bond donors (Lipinski definition) is 3. The molecule has 0 bridgehead atoms. The molecule has 0 spiro atoms. The summed E-state index contributed by atoms with van der Waals surface area (Å²) in [6.45, 7) is 1.74. The first-order valence-corrected chi connectivity index (χ1v) is 10.9. The molecule has 0 amide bonds. The summed E-state index contributed by atoms with van der Waals surface area (Å²) in [5.41, 5.74) is 1.84. The van der Waals surface area contributed by atoms with Crippen molar-refractivity contribution in [3.8, 4) is 11.5 Å². The minimum Gasteiger partial charge on any atom is -0.454 e. The van der Waals surface area contributed by atoms with E-state index < -0.39 is 10.0 Å². The molecule has 0 radical (unpaired) electrons. The van der Waals surface area contributed by atoms with Crippen LogP contribution in [0.2, 0.25) is 0 Å². The average molecular weight is 562 g/mol. The third kappa shape index (κ3) is 7.23. The molecule has 0 aromatic heterocycles. The first-order chi connectivity index (χ1) is 14.5. The van der Waals surface area contributed by atoms with E-state index in [2.05, 4.69) is 20.3 Å². The number of guanidine groups is 1. The van der Waals surface area contributed by atoms with Crippen LogP contribution in [0.25, 0.3) is 0 Å². The van der Waals surface area contributed by atoms with Gasteiger partial charge < -0.3 is 24.8 Å². The molecule has 0 unspecified atom stereocenters. The number of nitrogens with one attached hydrogen (secondary N) is 3. The van der Waals surface area contributed by atoms with E-state index in [4.69, 9.17) is 14.2 Å². The van der Waals surface area contributed by atoms with Gasteiger partial charge in [-0.15, -0.1) is 24.0 Å². The molecule has 0 saturated carbocycles. The van der Waals surface area contributed by atoms with E-state index in [1.54, 1.807) is 25.2 Å². The van der Waals surface area contributed by atoms with Gasteiger partial charge in [-0.25, -0.2) is 13.1 Å². The fraction of sp³-hybridized carbons (Fsp3) is 0.350. The molecule has 0 aliphatic carbocycles. The molecular weight excluding hydrogens is 535 g/mol. The van der Waals surface area contributed by atoms with E-state index in [-0.39, 0.29) is 42.2 Å². The van der Waals surface area contributed by atoms with Gasteiger partial charge >= 0.3 is 0 Å². The zero-order valence-corrected chi connectivity index (χ0v) is 20.5. The van der Waals surface area contributed by atoms with Gasteiger partial charge in [0.25, 0.3) is 0 Å². The highest BCUT2D eigenvalue weighted by molar-refractivity contribution is 14.0. The first kappa shape index (κ1) is 25.2. The van der Waals surface area contributed by atoms with Gasteiger partial charge in [-0.2, -0.15) is 0 Å². The van der Waals surface area contributed by atoms with Crippen molar-refractivity contribution in [1.29, 1.82) is 0 Å². The lowest BCUT2D eigenvalue weighted by molar-refractivity contribution is 0.174. The summed E-state index contributed by atoms with van der Waals surface area (Å²) in [6.07, 6.45) is 0. The summed E-state index contributed by atoms with van der Waals surface area (Å²) in [5.74, 6) is 2.07. The number of benzene rings is 2. The number of methoxy groups -OCH3 is 1. The monoisotopic (exact) mass is 562 g/mol. The molecule has 2 aromatic rings. The summed E-state index contributed by atoms with van der Waals surface area (Å²) in [7, 11) is -0.378. The summed E-state index contributed by atoms with van der Waals surface area (Å²) < 4.78 is 42.8. The van der Waals surface area contributed by atoms with Gasteiger partial charge in [0, 0.05) is 33.8 Å². The number of ether oxygens (including phenoxy) is 3. The highest BCUT2D eigenvalue weighted by atomic mass is 127. The largest absolute Gasteiger partial charge is 0.454 e. The topological polar surface area (TPSA) is 110 Å². The number of sulfonamides is 1. The quantitative estimate of drug-likeness (QED) is 0.185. The molecule has 0 saturated heterocycles. The summed E-state index contributed by atoms with van der Waals surface area (Å²) in [5, 5.41) is 6.41. The Kier molecular flexibility index (Phi) is 9.81. The SMILES string of the molecule is CN=C(NCc1cccc(S(=O)(=O)NCCOC)c1)NCc1ccc2c(c1)OCO2.I. The van der Waals surface area contributed by atoms with E-state index in [1.807, 2.05) is 24.3 Å². The Balaban J connectivity index is 0.00000341. The van der Waals surface area contributed by atoms with Crippen LogP contribution in [0.4, 0.5) is 0 Å². The number of hydrogen-bond acceptors (Lipinski definition) is 6. The van der Waals surface area contributed by atoms with Crippen molar-refractivity contribution in [2.75, 3.05) is 34.1 Å². The van der Waals surface area contributed by atoms with Crippen LogP contribution >= 0.6 is 24.0 Å². The molecule has 1 aliphatic rings. The minimum absolute atomic E-state index is 0. The maximum absolute atomic E-state index is 12.4. The molecule has 1 heterocycles. The second-order valence-corrected chi connectivity index (χ2v) is 8.27. The Morgan fingerprint density at radius 1 is 1.06 bits per heavy atom. The van der Waals surface area contributed by atoms with E-state index in [9.17, 15) is 8.42 Å². The van der Waals surface area contributed by atoms with Gasteiger partial charge in [0.15, 0.2) is 17.5 Å². The molecule has 1 aliphatic heterocycles. The first-order valence-electron chi connectivity index (χ1n) is 9.42. The van der Waals surface area contributed by atoms with Crippen molar-refractivity contribution in [1.82, 2.24) is 15.4 Å². The molecule has 11 heteroatoms. The van der Waals surface area contributed by atoms with Crippen molar-refractivity contribution >= 4 is 40.0 Å². The predicted molar refractivity (Wildman–Crippen MR) is 129 cm³/mol. The molecule has 0 fully saturated rings. The van der Waals surface area contributed by atoms with Crippen molar-refractivity contribution in [2.45, 2.75) is 18.0 Å². The van der Waals surface area contributed by atoms with Crippen molar-refractivity contribution in [3.05, 3.63) is 53.6 Å². The van der Waals surface area contributed by atoms with E-state index >= 15 is 0 Å². The number of aliphatic imine (C=N–C) groups is 1. The summed E-state index contributed by atoms with van der Waals surface area (Å²) >= 11 is 0. The van der Waals surface area contributed by atoms with E-state index in [1.165, 1.54) is 7.11 Å². The van der Waals surface area contributed by atoms with Crippen LogP contribution in [0.15, 0.2) is 52.4 Å². The maximum Gasteiger partial charge on any atom is 0.240 e. The lowest BCUT2D eigenvalue weighted by Crippen LogP contribution is -2.36.